The van der Waals surface area contributed by atoms with Gasteiger partial charge >= 0.3 is 6.18 Å². The van der Waals surface area contributed by atoms with Gasteiger partial charge < -0.3 is 4.74 Å². The van der Waals surface area contributed by atoms with Gasteiger partial charge in [-0.15, -0.1) is 11.6 Å². The fourth-order valence-electron chi connectivity index (χ4n) is 1.87. The third-order valence-corrected chi connectivity index (χ3v) is 3.14. The summed E-state index contributed by atoms with van der Waals surface area (Å²) in [5, 5.41) is 0. The number of halogens is 4. The molecule has 0 aliphatic heterocycles. The summed E-state index contributed by atoms with van der Waals surface area (Å²) in [6.45, 7) is 1.88. The Morgan fingerprint density at radius 2 is 1.90 bits per heavy atom. The van der Waals surface area contributed by atoms with Crippen molar-refractivity contribution >= 4 is 11.6 Å². The van der Waals surface area contributed by atoms with Crippen LogP contribution in [0.1, 0.15) is 22.3 Å². The first-order valence-electron chi connectivity index (χ1n) is 6.19. The fraction of sp³-hybridized carbons (Fsp3) is 0.267. The maximum absolute atomic E-state index is 13.0. The van der Waals surface area contributed by atoms with Crippen molar-refractivity contribution in [1.29, 1.82) is 0 Å². The average molecular weight is 316 g/mol. The lowest BCUT2D eigenvalue weighted by Crippen LogP contribution is -2.09. The molecule has 0 aliphatic carbocycles. The van der Waals surface area contributed by atoms with Crippen LogP contribution in [0.3, 0.4) is 0 Å². The molecule has 0 fully saturated rings. The zero-order chi connectivity index (χ0) is 15.5. The van der Waals surface area contributed by atoms with Crippen molar-refractivity contribution in [3.05, 3.63) is 58.9 Å². The minimum absolute atomic E-state index is 0.0190. The highest BCUT2D eigenvalue weighted by Gasteiger charge is 2.34. The molecular formula is C15H13ClF3NO. The second kappa shape index (κ2) is 6.35. The van der Waals surface area contributed by atoms with Crippen molar-refractivity contribution in [3.8, 4) is 5.75 Å². The minimum atomic E-state index is -4.48. The van der Waals surface area contributed by atoms with Gasteiger partial charge in [0.25, 0.3) is 0 Å². The number of nitrogens with zero attached hydrogens (tertiary/aromatic N) is 1. The van der Waals surface area contributed by atoms with E-state index < -0.39 is 11.7 Å². The molecular weight excluding hydrogens is 303 g/mol. The summed E-state index contributed by atoms with van der Waals surface area (Å²) in [5.41, 5.74) is 1.21. The number of hydrogen-bond donors (Lipinski definition) is 0. The highest BCUT2D eigenvalue weighted by Crippen LogP contribution is 2.37. The molecule has 6 heteroatoms. The average Bonchev–Trinajstić information content (AvgIpc) is 2.44. The highest BCUT2D eigenvalue weighted by atomic mass is 35.5. The quantitative estimate of drug-likeness (QED) is 0.761. The number of hydrogen-bond acceptors (Lipinski definition) is 2. The third-order valence-electron chi connectivity index (χ3n) is 2.83. The predicted octanol–water partition coefficient (Wildman–Crippen LogP) is 4.73. The number of pyridine rings is 1. The molecule has 2 aromatic rings. The van der Waals surface area contributed by atoms with Gasteiger partial charge in [0, 0.05) is 23.8 Å². The molecule has 0 saturated heterocycles. The van der Waals surface area contributed by atoms with Crippen LogP contribution < -0.4 is 4.74 Å². The van der Waals surface area contributed by atoms with Gasteiger partial charge in [0.05, 0.1) is 5.56 Å². The van der Waals surface area contributed by atoms with E-state index >= 15 is 0 Å². The van der Waals surface area contributed by atoms with E-state index in [2.05, 4.69) is 4.98 Å². The smallest absolute Gasteiger partial charge is 0.419 e. The summed E-state index contributed by atoms with van der Waals surface area (Å²) in [5.74, 6) is -0.191. The maximum atomic E-state index is 13.0. The van der Waals surface area contributed by atoms with Crippen LogP contribution in [-0.2, 0) is 18.7 Å². The number of benzene rings is 1. The number of aryl methyl sites for hydroxylation is 1. The first-order chi connectivity index (χ1) is 9.90. The molecule has 0 atom stereocenters. The lowest BCUT2D eigenvalue weighted by Gasteiger charge is -2.15. The molecule has 0 unspecified atom stereocenters. The first-order valence-corrected chi connectivity index (χ1v) is 6.73. The van der Waals surface area contributed by atoms with E-state index in [4.69, 9.17) is 16.3 Å². The number of alkyl halides is 4. The van der Waals surface area contributed by atoms with Crippen LogP contribution in [0.15, 0.2) is 36.7 Å². The van der Waals surface area contributed by atoms with Crippen LogP contribution >= 0.6 is 11.6 Å². The van der Waals surface area contributed by atoms with E-state index in [0.717, 1.165) is 11.6 Å². The largest absolute Gasteiger partial charge is 0.488 e. The zero-order valence-electron chi connectivity index (χ0n) is 11.2. The van der Waals surface area contributed by atoms with Gasteiger partial charge in [-0.25, -0.2) is 0 Å². The molecule has 112 valence electrons. The minimum Gasteiger partial charge on any atom is -0.488 e. The summed E-state index contributed by atoms with van der Waals surface area (Å²) in [6, 6.07) is 5.64. The van der Waals surface area contributed by atoms with Gasteiger partial charge in [-0.3, -0.25) is 4.98 Å². The third kappa shape index (κ3) is 4.11. The van der Waals surface area contributed by atoms with E-state index in [1.807, 2.05) is 13.0 Å². The Bertz CT molecular complexity index is 629. The van der Waals surface area contributed by atoms with Crippen LogP contribution in [-0.4, -0.2) is 4.98 Å². The van der Waals surface area contributed by atoms with Crippen molar-refractivity contribution in [3.63, 3.8) is 0 Å². The summed E-state index contributed by atoms with van der Waals surface area (Å²) in [7, 11) is 0. The highest BCUT2D eigenvalue weighted by molar-refractivity contribution is 6.17. The molecule has 1 aromatic carbocycles. The monoisotopic (exact) mass is 315 g/mol. The Labute approximate surface area is 125 Å². The summed E-state index contributed by atoms with van der Waals surface area (Å²) in [4.78, 5) is 3.98. The van der Waals surface area contributed by atoms with E-state index in [-0.39, 0.29) is 18.2 Å². The van der Waals surface area contributed by atoms with Gasteiger partial charge in [0.1, 0.15) is 12.4 Å². The van der Waals surface area contributed by atoms with Crippen LogP contribution in [0.25, 0.3) is 0 Å². The molecule has 0 aliphatic rings. The van der Waals surface area contributed by atoms with Crippen molar-refractivity contribution < 1.29 is 17.9 Å². The Kier molecular flexibility index (Phi) is 4.73. The standard InChI is InChI=1S/C15H13ClF3NO/c1-10-4-12(8-20-7-10)9-21-14-3-2-11(6-16)5-13(14)15(17,18)19/h2-5,7-8H,6,9H2,1H3. The second-order valence-corrected chi connectivity index (χ2v) is 4.89. The molecule has 1 aromatic heterocycles. The zero-order valence-corrected chi connectivity index (χ0v) is 12.0. The Hall–Kier alpha value is -1.75. The Morgan fingerprint density at radius 3 is 2.52 bits per heavy atom. The van der Waals surface area contributed by atoms with Crippen LogP contribution in [0, 0.1) is 6.92 Å². The van der Waals surface area contributed by atoms with Gasteiger partial charge in [0.2, 0.25) is 0 Å². The molecule has 2 rings (SSSR count). The van der Waals surface area contributed by atoms with E-state index in [0.29, 0.717) is 11.1 Å². The van der Waals surface area contributed by atoms with Gasteiger partial charge in [0.15, 0.2) is 0 Å². The molecule has 0 amide bonds. The lowest BCUT2D eigenvalue weighted by atomic mass is 10.1. The molecule has 0 bridgehead atoms. The van der Waals surface area contributed by atoms with E-state index in [1.165, 1.54) is 12.1 Å². The maximum Gasteiger partial charge on any atom is 0.419 e. The van der Waals surface area contributed by atoms with Crippen LogP contribution in [0.5, 0.6) is 5.75 Å². The Morgan fingerprint density at radius 1 is 1.14 bits per heavy atom. The molecule has 0 spiro atoms. The molecule has 0 saturated carbocycles. The van der Waals surface area contributed by atoms with Crippen LogP contribution in [0.4, 0.5) is 13.2 Å². The topological polar surface area (TPSA) is 22.1 Å². The molecule has 0 radical (unpaired) electrons. The van der Waals surface area contributed by atoms with Crippen molar-refractivity contribution in [2.75, 3.05) is 0 Å². The van der Waals surface area contributed by atoms with Crippen molar-refractivity contribution in [2.45, 2.75) is 25.6 Å². The fourth-order valence-corrected chi connectivity index (χ4v) is 2.03. The van der Waals surface area contributed by atoms with E-state index in [9.17, 15) is 13.2 Å². The summed E-state index contributed by atoms with van der Waals surface area (Å²) >= 11 is 5.58. The SMILES string of the molecule is Cc1cncc(COc2ccc(CCl)cc2C(F)(F)F)c1. The van der Waals surface area contributed by atoms with E-state index in [1.54, 1.807) is 12.4 Å². The van der Waals surface area contributed by atoms with Crippen LogP contribution in [0.2, 0.25) is 0 Å². The molecule has 21 heavy (non-hydrogen) atoms. The number of ether oxygens (including phenoxy) is 1. The molecule has 2 nitrogen and oxygen atoms in total. The van der Waals surface area contributed by atoms with Gasteiger partial charge in [-0.1, -0.05) is 6.07 Å². The lowest BCUT2D eigenvalue weighted by molar-refractivity contribution is -0.139. The molecule has 0 N–H and O–H groups in total. The Balaban J connectivity index is 2.23. The first kappa shape index (κ1) is 15.6. The summed E-state index contributed by atoms with van der Waals surface area (Å²) < 4.78 is 44.4. The number of aromatic nitrogens is 1. The summed E-state index contributed by atoms with van der Waals surface area (Å²) in [6.07, 6.45) is -1.25. The molecule has 1 heterocycles. The van der Waals surface area contributed by atoms with Gasteiger partial charge in [-0.05, 0) is 36.2 Å². The van der Waals surface area contributed by atoms with Crippen molar-refractivity contribution in [2.24, 2.45) is 0 Å². The van der Waals surface area contributed by atoms with Crippen molar-refractivity contribution in [1.82, 2.24) is 4.98 Å². The second-order valence-electron chi connectivity index (χ2n) is 4.62. The normalized spacial score (nSPS) is 11.5. The van der Waals surface area contributed by atoms with Gasteiger partial charge in [-0.2, -0.15) is 13.2 Å². The predicted molar refractivity (Wildman–Crippen MR) is 74.3 cm³/mol. The number of rotatable bonds is 4.